The van der Waals surface area contributed by atoms with Gasteiger partial charge in [0.2, 0.25) is 5.91 Å². The molecule has 1 saturated heterocycles. The van der Waals surface area contributed by atoms with Crippen molar-refractivity contribution in [3.8, 4) is 0 Å². The normalized spacial score (nSPS) is 15.8. The average molecular weight is 443 g/mol. The molecule has 0 radical (unpaired) electrons. The Morgan fingerprint density at radius 2 is 1.87 bits per heavy atom. The van der Waals surface area contributed by atoms with Crippen LogP contribution in [0.15, 0.2) is 67.0 Å². The van der Waals surface area contributed by atoms with Gasteiger partial charge >= 0.3 is 0 Å². The van der Waals surface area contributed by atoms with Gasteiger partial charge in [0, 0.05) is 30.4 Å². The van der Waals surface area contributed by atoms with Crippen LogP contribution in [-0.4, -0.2) is 22.3 Å². The van der Waals surface area contributed by atoms with Crippen molar-refractivity contribution in [3.63, 3.8) is 0 Å². The van der Waals surface area contributed by atoms with Crippen molar-refractivity contribution in [1.29, 1.82) is 0 Å². The Hall–Kier alpha value is -2.83. The molecule has 0 saturated carbocycles. The Morgan fingerprint density at radius 3 is 2.52 bits per heavy atom. The number of carbonyl (C=O) groups excluding carboxylic acids is 1. The van der Waals surface area contributed by atoms with Crippen molar-refractivity contribution >= 4 is 17.5 Å². The van der Waals surface area contributed by atoms with Crippen molar-refractivity contribution in [1.82, 2.24) is 9.88 Å². The molecule has 0 N–H and O–H groups in total. The second-order valence-electron chi connectivity index (χ2n) is 7.45. The van der Waals surface area contributed by atoms with Crippen LogP contribution >= 0.6 is 11.6 Å². The van der Waals surface area contributed by atoms with Crippen LogP contribution in [0.4, 0.5) is 8.78 Å². The average Bonchev–Trinajstić information content (AvgIpc) is 3.20. The van der Waals surface area contributed by atoms with Gasteiger partial charge in [0.05, 0.1) is 12.6 Å². The zero-order valence-electron chi connectivity index (χ0n) is 16.7. The Labute approximate surface area is 184 Å². The lowest BCUT2D eigenvalue weighted by atomic mass is 9.95. The highest BCUT2D eigenvalue weighted by molar-refractivity contribution is 6.30. The molecular weight excluding hydrogens is 422 g/mol. The number of likely N-dealkylation sites (tertiary alicyclic amines) is 1. The maximum absolute atomic E-state index is 14.1. The fraction of sp³-hybridized carbons (Fsp3) is 0.250. The number of aromatic nitrogens is 1. The number of carbonyl (C=O) groups is 1. The standard InChI is InChI=1S/C24H21ClF2N2O2/c25-19-8-5-16(6-9-19)15-31-24(17-7-10-20(26)21(27)13-17)23(18-3-1-11-28-14-18)29-12-2-4-22(29)30/h1,3,5-11,13-14,23-24H,2,4,12,15H2/t23-,24+/m0/s1. The van der Waals surface area contributed by atoms with E-state index in [1.165, 1.54) is 6.07 Å². The van der Waals surface area contributed by atoms with Crippen LogP contribution in [0.2, 0.25) is 5.02 Å². The van der Waals surface area contributed by atoms with E-state index in [4.69, 9.17) is 16.3 Å². The second-order valence-corrected chi connectivity index (χ2v) is 7.89. The highest BCUT2D eigenvalue weighted by Crippen LogP contribution is 2.40. The summed E-state index contributed by atoms with van der Waals surface area (Å²) in [7, 11) is 0. The van der Waals surface area contributed by atoms with Gasteiger partial charge < -0.3 is 9.64 Å². The van der Waals surface area contributed by atoms with E-state index < -0.39 is 23.8 Å². The van der Waals surface area contributed by atoms with Gasteiger partial charge in [-0.2, -0.15) is 0 Å². The van der Waals surface area contributed by atoms with Gasteiger partial charge in [-0.3, -0.25) is 9.78 Å². The minimum Gasteiger partial charge on any atom is -0.366 e. The fourth-order valence-electron chi connectivity index (χ4n) is 3.86. The first-order valence-corrected chi connectivity index (χ1v) is 10.4. The highest BCUT2D eigenvalue weighted by Gasteiger charge is 2.36. The molecule has 0 bridgehead atoms. The molecule has 2 heterocycles. The third-order valence-electron chi connectivity index (χ3n) is 5.37. The Kier molecular flexibility index (Phi) is 6.59. The predicted octanol–water partition coefficient (Wildman–Crippen LogP) is 5.63. The zero-order chi connectivity index (χ0) is 21.8. The summed E-state index contributed by atoms with van der Waals surface area (Å²) in [5.41, 5.74) is 2.08. The van der Waals surface area contributed by atoms with E-state index in [2.05, 4.69) is 4.98 Å². The summed E-state index contributed by atoms with van der Waals surface area (Å²) < 4.78 is 34.0. The number of pyridine rings is 1. The molecule has 2 atom stereocenters. The van der Waals surface area contributed by atoms with Gasteiger partial charge in [-0.25, -0.2) is 8.78 Å². The zero-order valence-corrected chi connectivity index (χ0v) is 17.4. The van der Waals surface area contributed by atoms with Gasteiger partial charge in [0.15, 0.2) is 11.6 Å². The van der Waals surface area contributed by atoms with Crippen LogP contribution in [0.25, 0.3) is 0 Å². The molecule has 31 heavy (non-hydrogen) atoms. The monoisotopic (exact) mass is 442 g/mol. The third kappa shape index (κ3) is 4.92. The number of hydrogen-bond acceptors (Lipinski definition) is 3. The summed E-state index contributed by atoms with van der Waals surface area (Å²) in [4.78, 5) is 18.6. The Morgan fingerprint density at radius 1 is 1.06 bits per heavy atom. The summed E-state index contributed by atoms with van der Waals surface area (Å²) in [6, 6.07) is 14.0. The lowest BCUT2D eigenvalue weighted by molar-refractivity contribution is -0.134. The number of hydrogen-bond donors (Lipinski definition) is 0. The van der Waals surface area contributed by atoms with E-state index in [9.17, 15) is 13.6 Å². The van der Waals surface area contributed by atoms with E-state index in [1.807, 2.05) is 18.2 Å². The van der Waals surface area contributed by atoms with Gasteiger partial charge in [-0.1, -0.05) is 35.9 Å². The molecule has 0 spiro atoms. The maximum atomic E-state index is 14.1. The molecule has 3 aromatic rings. The van der Waals surface area contributed by atoms with Crippen molar-refractivity contribution in [2.75, 3.05) is 6.54 Å². The molecule has 1 fully saturated rings. The molecule has 0 aliphatic carbocycles. The minimum atomic E-state index is -0.963. The molecule has 1 aromatic heterocycles. The van der Waals surface area contributed by atoms with Gasteiger partial charge in [-0.15, -0.1) is 0 Å². The smallest absolute Gasteiger partial charge is 0.223 e. The third-order valence-corrected chi connectivity index (χ3v) is 5.63. The first kappa shape index (κ1) is 21.4. The minimum absolute atomic E-state index is 0.00321. The molecule has 0 unspecified atom stereocenters. The molecule has 1 aliphatic heterocycles. The summed E-state index contributed by atoms with van der Waals surface area (Å²) in [6.45, 7) is 0.766. The van der Waals surface area contributed by atoms with Crippen LogP contribution in [0.3, 0.4) is 0 Å². The summed E-state index contributed by atoms with van der Waals surface area (Å²) >= 11 is 5.97. The lowest BCUT2D eigenvalue weighted by Gasteiger charge is -2.35. The topological polar surface area (TPSA) is 42.4 Å². The number of nitrogens with zero attached hydrogens (tertiary/aromatic N) is 2. The van der Waals surface area contributed by atoms with Gasteiger partial charge in [0.1, 0.15) is 6.10 Å². The Bertz CT molecular complexity index is 1050. The molecule has 7 heteroatoms. The van der Waals surface area contributed by atoms with E-state index in [1.54, 1.807) is 35.5 Å². The molecule has 160 valence electrons. The number of benzene rings is 2. The molecule has 4 nitrogen and oxygen atoms in total. The summed E-state index contributed by atoms with van der Waals surface area (Å²) in [6.07, 6.45) is 3.77. The van der Waals surface area contributed by atoms with E-state index in [-0.39, 0.29) is 12.5 Å². The number of ether oxygens (including phenoxy) is 1. The van der Waals surface area contributed by atoms with Gasteiger partial charge in [0.25, 0.3) is 0 Å². The summed E-state index contributed by atoms with van der Waals surface area (Å²) in [5, 5.41) is 0.608. The molecular formula is C24H21ClF2N2O2. The maximum Gasteiger partial charge on any atom is 0.223 e. The van der Waals surface area contributed by atoms with E-state index in [0.29, 0.717) is 23.6 Å². The van der Waals surface area contributed by atoms with Crippen LogP contribution in [0.1, 0.15) is 41.7 Å². The van der Waals surface area contributed by atoms with Crippen molar-refractivity contribution in [2.45, 2.75) is 31.6 Å². The number of rotatable bonds is 7. The quantitative estimate of drug-likeness (QED) is 0.476. The van der Waals surface area contributed by atoms with Crippen LogP contribution < -0.4 is 0 Å². The highest BCUT2D eigenvalue weighted by atomic mass is 35.5. The number of amides is 1. The van der Waals surface area contributed by atoms with E-state index in [0.717, 1.165) is 29.7 Å². The van der Waals surface area contributed by atoms with Crippen LogP contribution in [-0.2, 0) is 16.1 Å². The van der Waals surface area contributed by atoms with Gasteiger partial charge in [-0.05, 0) is 53.4 Å². The van der Waals surface area contributed by atoms with Crippen molar-refractivity contribution in [3.05, 3.63) is 100 Å². The van der Waals surface area contributed by atoms with Crippen molar-refractivity contribution in [2.24, 2.45) is 0 Å². The second kappa shape index (κ2) is 9.54. The van der Waals surface area contributed by atoms with Crippen LogP contribution in [0, 0.1) is 11.6 Å². The Balaban J connectivity index is 1.74. The van der Waals surface area contributed by atoms with Crippen LogP contribution in [0.5, 0.6) is 0 Å². The SMILES string of the molecule is O=C1CCCN1[C@@H](c1cccnc1)[C@H](OCc1ccc(Cl)cc1)c1ccc(F)c(F)c1. The molecule has 1 aliphatic rings. The largest absolute Gasteiger partial charge is 0.366 e. The lowest BCUT2D eigenvalue weighted by Crippen LogP contribution is -2.35. The van der Waals surface area contributed by atoms with Crippen molar-refractivity contribution < 1.29 is 18.3 Å². The fourth-order valence-corrected chi connectivity index (χ4v) is 3.98. The van der Waals surface area contributed by atoms with E-state index >= 15 is 0 Å². The summed E-state index contributed by atoms with van der Waals surface area (Å²) in [5.74, 6) is -1.90. The molecule has 2 aromatic carbocycles. The first-order valence-electron chi connectivity index (χ1n) is 10.0. The number of halogens is 3. The molecule has 4 rings (SSSR count). The first-order chi connectivity index (χ1) is 15.0. The molecule has 1 amide bonds. The predicted molar refractivity (Wildman–Crippen MR) is 113 cm³/mol.